The first-order valence-electron chi connectivity index (χ1n) is 3.52. The predicted molar refractivity (Wildman–Crippen MR) is 69.1 cm³/mol. The Labute approximate surface area is 88.0 Å². The summed E-state index contributed by atoms with van der Waals surface area (Å²) in [5.74, 6) is 0. The minimum Gasteiger partial charge on any atom is -0.436 e. The van der Waals surface area contributed by atoms with Crippen molar-refractivity contribution < 1.29 is 8.54 Å². The summed E-state index contributed by atoms with van der Waals surface area (Å²) in [6.07, 6.45) is 0. The van der Waals surface area contributed by atoms with E-state index in [2.05, 4.69) is 32.7 Å². The monoisotopic (exact) mass is 226 g/mol. The first-order chi connectivity index (χ1) is 4.27. The summed E-state index contributed by atoms with van der Waals surface area (Å²) in [6.45, 7) is 10.7. The van der Waals surface area contributed by atoms with Gasteiger partial charge >= 0.3 is 8.56 Å². The Morgan fingerprint density at radius 1 is 0.769 bits per heavy atom. The van der Waals surface area contributed by atoms with E-state index in [1.165, 1.54) is 0 Å². The summed E-state index contributed by atoms with van der Waals surface area (Å²) in [7, 11) is -1.40. The molecule has 0 aromatic carbocycles. The average molecular weight is 227 g/mol. The lowest BCUT2D eigenvalue weighted by molar-refractivity contribution is 0.312. The third-order valence-electron chi connectivity index (χ3n) is 1.04. The van der Waals surface area contributed by atoms with Crippen LogP contribution in [0.4, 0.5) is 0 Å². The van der Waals surface area contributed by atoms with Crippen molar-refractivity contribution in [1.29, 1.82) is 0 Å². The van der Waals surface area contributed by atoms with Crippen LogP contribution in [0.1, 0.15) is 22.3 Å². The molecule has 0 aliphatic carbocycles. The highest BCUT2D eigenvalue weighted by atomic mass is 28.4. The van der Waals surface area contributed by atoms with Gasteiger partial charge in [0, 0.05) is 7.11 Å². The van der Waals surface area contributed by atoms with Crippen molar-refractivity contribution in [2.75, 3.05) is 7.11 Å². The Kier molecular flexibility index (Phi) is 13.8. The smallest absolute Gasteiger partial charge is 0.321 e. The van der Waals surface area contributed by atoms with E-state index in [1.54, 1.807) is 7.11 Å². The summed E-state index contributed by atoms with van der Waals surface area (Å²) < 4.78 is 11.1. The maximum Gasteiger partial charge on any atom is 0.321 e. The zero-order valence-corrected chi connectivity index (χ0v) is 9.82. The van der Waals surface area contributed by atoms with Crippen molar-refractivity contribution in [3.05, 3.63) is 0 Å². The number of rotatable bonds is 3. The molecule has 0 spiro atoms. The Hall–Kier alpha value is 0.354. The highest BCUT2D eigenvalue weighted by Crippen LogP contribution is 2.13. The van der Waals surface area contributed by atoms with E-state index in [9.17, 15) is 0 Å². The standard InChI is InChI=1S/C6H18O2Si2.3CH4/c1-7-10(5,6)8-9(2,3)4;;;/h1-6H3;3*1H4. The Bertz CT molecular complexity index is 109. The largest absolute Gasteiger partial charge is 0.436 e. The van der Waals surface area contributed by atoms with Crippen molar-refractivity contribution in [2.45, 2.75) is 55.0 Å². The molecule has 13 heavy (non-hydrogen) atoms. The normalized spacial score (nSPS) is 10.6. The van der Waals surface area contributed by atoms with Crippen LogP contribution in [0.2, 0.25) is 32.7 Å². The van der Waals surface area contributed by atoms with Crippen LogP contribution in [0.3, 0.4) is 0 Å². The molecular weight excluding hydrogens is 196 g/mol. The predicted octanol–water partition coefficient (Wildman–Crippen LogP) is 4.09. The highest BCUT2D eigenvalue weighted by molar-refractivity contribution is 6.81. The van der Waals surface area contributed by atoms with Gasteiger partial charge in [-0.25, -0.2) is 0 Å². The van der Waals surface area contributed by atoms with E-state index in [4.69, 9.17) is 8.54 Å². The van der Waals surface area contributed by atoms with Gasteiger partial charge in [-0.2, -0.15) is 0 Å². The lowest BCUT2D eigenvalue weighted by Gasteiger charge is -2.29. The van der Waals surface area contributed by atoms with Crippen LogP contribution in [0.15, 0.2) is 0 Å². The molecule has 0 atom stereocenters. The minimum atomic E-state index is -1.75. The summed E-state index contributed by atoms with van der Waals surface area (Å²) in [4.78, 5) is 0. The summed E-state index contributed by atoms with van der Waals surface area (Å²) in [5, 5.41) is 0. The van der Waals surface area contributed by atoms with E-state index in [1.807, 2.05) is 0 Å². The van der Waals surface area contributed by atoms with Gasteiger partial charge in [0.05, 0.1) is 0 Å². The van der Waals surface area contributed by atoms with Crippen LogP contribution in [-0.2, 0) is 8.54 Å². The summed E-state index contributed by atoms with van der Waals surface area (Å²) in [5.41, 5.74) is 0. The molecule has 0 heterocycles. The summed E-state index contributed by atoms with van der Waals surface area (Å²) in [6, 6.07) is 0. The Balaban J connectivity index is -0.000000135. The number of hydrogen-bond acceptors (Lipinski definition) is 2. The molecule has 0 aliphatic heterocycles. The molecule has 0 aliphatic rings. The third-order valence-corrected chi connectivity index (χ3v) is 6.44. The van der Waals surface area contributed by atoms with Crippen LogP contribution >= 0.6 is 0 Å². The van der Waals surface area contributed by atoms with Crippen molar-refractivity contribution in [3.8, 4) is 0 Å². The van der Waals surface area contributed by atoms with E-state index in [0.717, 1.165) is 0 Å². The first kappa shape index (κ1) is 23.3. The fourth-order valence-corrected chi connectivity index (χ4v) is 7.01. The molecule has 0 fully saturated rings. The van der Waals surface area contributed by atoms with Gasteiger partial charge in [-0.05, 0) is 32.7 Å². The maximum atomic E-state index is 5.83. The van der Waals surface area contributed by atoms with Crippen LogP contribution in [0, 0.1) is 0 Å². The molecule has 0 saturated carbocycles. The van der Waals surface area contributed by atoms with E-state index >= 15 is 0 Å². The third kappa shape index (κ3) is 15.1. The van der Waals surface area contributed by atoms with Crippen LogP contribution in [0.5, 0.6) is 0 Å². The van der Waals surface area contributed by atoms with Crippen molar-refractivity contribution in [2.24, 2.45) is 0 Å². The van der Waals surface area contributed by atoms with Gasteiger partial charge in [0.15, 0.2) is 8.32 Å². The number of hydrogen-bond donors (Lipinski definition) is 0. The van der Waals surface area contributed by atoms with Gasteiger partial charge in [-0.1, -0.05) is 22.3 Å². The second kappa shape index (κ2) is 7.73. The molecule has 0 N–H and O–H groups in total. The average Bonchev–Trinajstić information content (AvgIpc) is 1.60. The molecule has 0 radical (unpaired) electrons. The molecule has 0 rings (SSSR count). The molecule has 0 unspecified atom stereocenters. The van der Waals surface area contributed by atoms with Gasteiger partial charge in [-0.3, -0.25) is 0 Å². The Morgan fingerprint density at radius 2 is 1.08 bits per heavy atom. The zero-order valence-electron chi connectivity index (χ0n) is 7.82. The van der Waals surface area contributed by atoms with Crippen LogP contribution < -0.4 is 0 Å². The second-order valence-corrected chi connectivity index (χ2v) is 12.1. The fourth-order valence-electron chi connectivity index (χ4n) is 0.779. The van der Waals surface area contributed by atoms with Gasteiger partial charge in [0.2, 0.25) is 0 Å². The quantitative estimate of drug-likeness (QED) is 0.675. The highest BCUT2D eigenvalue weighted by Gasteiger charge is 2.29. The van der Waals surface area contributed by atoms with Gasteiger partial charge in [0.25, 0.3) is 0 Å². The Morgan fingerprint density at radius 3 is 1.15 bits per heavy atom. The molecule has 4 heteroatoms. The minimum absolute atomic E-state index is 0. The lowest BCUT2D eigenvalue weighted by atomic mass is 11.8. The van der Waals surface area contributed by atoms with Gasteiger partial charge in [0.1, 0.15) is 0 Å². The lowest BCUT2D eigenvalue weighted by Crippen LogP contribution is -2.43. The molecule has 0 amide bonds. The molecule has 0 aromatic heterocycles. The van der Waals surface area contributed by atoms with Crippen LogP contribution in [0.25, 0.3) is 0 Å². The van der Waals surface area contributed by atoms with Gasteiger partial charge in [-0.15, -0.1) is 0 Å². The summed E-state index contributed by atoms with van der Waals surface area (Å²) >= 11 is 0. The fraction of sp³-hybridized carbons (Fsp3) is 1.00. The first-order valence-corrected chi connectivity index (χ1v) is 9.75. The molecule has 0 saturated heterocycles. The maximum absolute atomic E-state index is 5.83. The topological polar surface area (TPSA) is 18.5 Å². The zero-order chi connectivity index (χ0) is 8.41. The van der Waals surface area contributed by atoms with Crippen LogP contribution in [-0.4, -0.2) is 24.0 Å². The van der Waals surface area contributed by atoms with Crippen molar-refractivity contribution in [3.63, 3.8) is 0 Å². The molecule has 0 bridgehead atoms. The van der Waals surface area contributed by atoms with E-state index in [-0.39, 0.29) is 22.3 Å². The van der Waals surface area contributed by atoms with E-state index < -0.39 is 16.9 Å². The molecule has 86 valence electrons. The SMILES string of the molecule is C.C.C.CO[Si](C)(C)O[Si](C)(C)C. The van der Waals surface area contributed by atoms with Crippen molar-refractivity contribution in [1.82, 2.24) is 0 Å². The van der Waals surface area contributed by atoms with Crippen molar-refractivity contribution >= 4 is 16.9 Å². The molecule has 2 nitrogen and oxygen atoms in total. The van der Waals surface area contributed by atoms with E-state index in [0.29, 0.717) is 0 Å². The molecular formula is C9H30O2Si2. The molecule has 0 aromatic rings. The second-order valence-electron chi connectivity index (χ2n) is 3.82. The van der Waals surface area contributed by atoms with Gasteiger partial charge < -0.3 is 8.54 Å².